The van der Waals surface area contributed by atoms with Gasteiger partial charge in [0.2, 0.25) is 6.54 Å². The van der Waals surface area contributed by atoms with Crippen LogP contribution >= 0.6 is 0 Å². The zero-order valence-electron chi connectivity index (χ0n) is 25.4. The number of anilines is 1. The van der Waals surface area contributed by atoms with Gasteiger partial charge in [-0.05, 0) is 54.9 Å². The molecule has 0 spiro atoms. The minimum absolute atomic E-state index is 0.0280. The molecule has 0 N–H and O–H groups in total. The van der Waals surface area contributed by atoms with Crippen LogP contribution in [-0.4, -0.2) is 84.1 Å². The van der Waals surface area contributed by atoms with Gasteiger partial charge in [-0.1, -0.05) is 30.8 Å². The summed E-state index contributed by atoms with van der Waals surface area (Å²) in [5.74, 6) is -1.38. The molecule has 1 amide bonds. The maximum atomic E-state index is 13.8. The second kappa shape index (κ2) is 12.8. The molecule has 6 rings (SSSR count). The van der Waals surface area contributed by atoms with E-state index in [-0.39, 0.29) is 44.7 Å². The number of alkyl halides is 3. The summed E-state index contributed by atoms with van der Waals surface area (Å²) in [5, 5.41) is 1.13. The van der Waals surface area contributed by atoms with Crippen LogP contribution in [0.3, 0.4) is 0 Å². The van der Waals surface area contributed by atoms with E-state index in [4.69, 9.17) is 26.0 Å². The van der Waals surface area contributed by atoms with Gasteiger partial charge in [0.1, 0.15) is 18.5 Å². The van der Waals surface area contributed by atoms with Crippen LogP contribution in [0.2, 0.25) is 0 Å². The van der Waals surface area contributed by atoms with Crippen LogP contribution in [0.1, 0.15) is 41.3 Å². The number of nitrogens with zero attached hydrogens (tertiary/aromatic N) is 6. The summed E-state index contributed by atoms with van der Waals surface area (Å²) in [6, 6.07) is 8.83. The molecule has 0 bridgehead atoms. The zero-order valence-corrected chi connectivity index (χ0v) is 25.4. The normalized spacial score (nSPS) is 22.0. The number of likely N-dealkylation sites (N-methyl/N-ethyl adjacent to an activating group) is 1. The third kappa shape index (κ3) is 6.37. The molecular weight excluding hydrogens is 604 g/mol. The molecule has 46 heavy (non-hydrogen) atoms. The van der Waals surface area contributed by atoms with Crippen LogP contribution in [0.4, 0.5) is 23.4 Å². The van der Waals surface area contributed by atoms with E-state index in [0.29, 0.717) is 46.6 Å². The third-order valence-electron chi connectivity index (χ3n) is 9.10. The summed E-state index contributed by atoms with van der Waals surface area (Å²) in [6.45, 7) is 12.7. The number of aromatic nitrogens is 2. The Morgan fingerprint density at radius 2 is 2.00 bits per heavy atom. The number of hydrogen-bond acceptors (Lipinski definition) is 7. The number of amides is 1. The molecule has 9 nitrogen and oxygen atoms in total. The first-order valence-electron chi connectivity index (χ1n) is 15.2. The molecule has 0 unspecified atom stereocenters. The maximum absolute atomic E-state index is 13.8. The molecule has 0 saturated carbocycles. The molecule has 2 saturated heterocycles. The van der Waals surface area contributed by atoms with Crippen LogP contribution in [0.15, 0.2) is 48.8 Å². The van der Waals surface area contributed by atoms with Gasteiger partial charge in [0.05, 0.1) is 24.0 Å². The average Bonchev–Trinajstić information content (AvgIpc) is 3.46. The molecule has 3 aliphatic rings. The second-order valence-corrected chi connectivity index (χ2v) is 12.0. The predicted molar refractivity (Wildman–Crippen MR) is 163 cm³/mol. The molecule has 0 aliphatic carbocycles. The van der Waals surface area contributed by atoms with Gasteiger partial charge in [0, 0.05) is 37.7 Å². The molecule has 2 fully saturated rings. The van der Waals surface area contributed by atoms with Crippen molar-refractivity contribution in [2.24, 2.45) is 0 Å². The van der Waals surface area contributed by atoms with Gasteiger partial charge in [-0.25, -0.2) is 11.0 Å². The Morgan fingerprint density at radius 1 is 1.17 bits per heavy atom. The summed E-state index contributed by atoms with van der Waals surface area (Å²) in [5.41, 5.74) is 1.25. The smallest absolute Gasteiger partial charge is 0.416 e. The highest BCUT2D eigenvalue weighted by Gasteiger charge is 2.37. The monoisotopic (exact) mass is 638 g/mol. The van der Waals surface area contributed by atoms with Gasteiger partial charge in [-0.15, -0.1) is 0 Å². The molecule has 3 aromatic rings. The lowest BCUT2D eigenvalue weighted by atomic mass is 9.93. The van der Waals surface area contributed by atoms with Crippen molar-refractivity contribution in [3.8, 4) is 6.01 Å². The van der Waals surface area contributed by atoms with E-state index in [1.165, 1.54) is 11.0 Å². The van der Waals surface area contributed by atoms with Gasteiger partial charge in [-0.2, -0.15) is 23.1 Å². The van der Waals surface area contributed by atoms with E-state index in [2.05, 4.69) is 16.3 Å². The zero-order chi connectivity index (χ0) is 32.6. The number of fused-ring (bicyclic) bond motifs is 2. The number of halogens is 4. The molecule has 13 heteroatoms. The molecule has 0 radical (unpaired) electrons. The summed E-state index contributed by atoms with van der Waals surface area (Å²) in [6.07, 6.45) is -2.74. The molecule has 4 heterocycles. The first-order valence-corrected chi connectivity index (χ1v) is 15.2. The SMILES string of the molecule is [C-]#[N+]C[C@H]1CN(c2nc(OC[C@@H]3CCCN3C)nc3c2CO[C@@H](c2cccc4ccc(C(F)(F)F)cc24)C3)CCN1C(=O)C(=C)F. The minimum atomic E-state index is -4.49. The first-order chi connectivity index (χ1) is 22.0. The number of carbonyl (C=O) groups is 1. The number of ether oxygens (including phenoxy) is 2. The summed E-state index contributed by atoms with van der Waals surface area (Å²) in [4.78, 5) is 31.0. The largest absolute Gasteiger partial charge is 0.462 e. The van der Waals surface area contributed by atoms with E-state index in [1.54, 1.807) is 18.2 Å². The van der Waals surface area contributed by atoms with Crippen molar-refractivity contribution >= 4 is 22.5 Å². The Labute approximate surface area is 264 Å². The van der Waals surface area contributed by atoms with Crippen molar-refractivity contribution in [1.29, 1.82) is 0 Å². The Morgan fingerprint density at radius 3 is 2.72 bits per heavy atom. The highest BCUT2D eigenvalue weighted by Crippen LogP contribution is 2.39. The fourth-order valence-corrected chi connectivity index (χ4v) is 6.60. The van der Waals surface area contributed by atoms with Crippen molar-refractivity contribution in [1.82, 2.24) is 19.8 Å². The Kier molecular flexibility index (Phi) is 8.85. The van der Waals surface area contributed by atoms with Crippen molar-refractivity contribution in [3.63, 3.8) is 0 Å². The van der Waals surface area contributed by atoms with E-state index in [9.17, 15) is 22.4 Å². The van der Waals surface area contributed by atoms with E-state index >= 15 is 0 Å². The second-order valence-electron chi connectivity index (χ2n) is 12.0. The van der Waals surface area contributed by atoms with Crippen LogP contribution in [0.25, 0.3) is 15.6 Å². The first kappa shape index (κ1) is 31.7. The molecule has 3 aliphatic heterocycles. The average molecular weight is 639 g/mol. The number of hydrogen-bond donors (Lipinski definition) is 0. The molecule has 3 atom stereocenters. The lowest BCUT2D eigenvalue weighted by molar-refractivity contribution is -0.137. The van der Waals surface area contributed by atoms with Crippen molar-refractivity contribution in [2.75, 3.05) is 51.3 Å². The number of carbonyl (C=O) groups excluding carboxylic acids is 1. The highest BCUT2D eigenvalue weighted by atomic mass is 19.4. The van der Waals surface area contributed by atoms with Crippen LogP contribution in [0.5, 0.6) is 6.01 Å². The van der Waals surface area contributed by atoms with Gasteiger partial charge >= 0.3 is 12.2 Å². The highest BCUT2D eigenvalue weighted by molar-refractivity contribution is 5.91. The topological polar surface area (TPSA) is 75.4 Å². The van der Waals surface area contributed by atoms with Crippen molar-refractivity contribution in [2.45, 2.75) is 50.2 Å². The lowest BCUT2D eigenvalue weighted by Gasteiger charge is -2.40. The summed E-state index contributed by atoms with van der Waals surface area (Å²) < 4.78 is 67.1. The fourth-order valence-electron chi connectivity index (χ4n) is 6.60. The lowest BCUT2D eigenvalue weighted by Crippen LogP contribution is -2.57. The quantitative estimate of drug-likeness (QED) is 0.196. The van der Waals surface area contributed by atoms with Gasteiger partial charge in [0.15, 0.2) is 5.83 Å². The summed E-state index contributed by atoms with van der Waals surface area (Å²) >= 11 is 0. The maximum Gasteiger partial charge on any atom is 0.416 e. The Balaban J connectivity index is 1.34. The van der Waals surface area contributed by atoms with Gasteiger partial charge in [0.25, 0.3) is 5.91 Å². The Bertz CT molecular complexity index is 1690. The molecule has 242 valence electrons. The van der Waals surface area contributed by atoms with Crippen LogP contribution in [-0.2, 0) is 28.7 Å². The van der Waals surface area contributed by atoms with Crippen LogP contribution in [0, 0.1) is 6.57 Å². The molecule has 1 aromatic heterocycles. The molecular formula is C33H34F4N6O3. The Hall–Kier alpha value is -4.28. The van der Waals surface area contributed by atoms with Gasteiger partial charge < -0.3 is 29.0 Å². The number of piperazine rings is 1. The van der Waals surface area contributed by atoms with Gasteiger partial charge in [-0.3, -0.25) is 4.79 Å². The number of benzene rings is 2. The van der Waals surface area contributed by atoms with E-state index < -0.39 is 35.6 Å². The van der Waals surface area contributed by atoms with Crippen molar-refractivity contribution in [3.05, 3.63) is 82.6 Å². The minimum Gasteiger partial charge on any atom is -0.462 e. The van der Waals surface area contributed by atoms with E-state index in [1.807, 2.05) is 11.9 Å². The number of rotatable bonds is 7. The van der Waals surface area contributed by atoms with E-state index in [0.717, 1.165) is 31.5 Å². The third-order valence-corrected chi connectivity index (χ3v) is 9.10. The summed E-state index contributed by atoms with van der Waals surface area (Å²) in [7, 11) is 2.04. The fraction of sp³-hybridized carbons (Fsp3) is 0.455. The predicted octanol–water partition coefficient (Wildman–Crippen LogP) is 5.36. The number of likely N-dealkylation sites (tertiary alicyclic amines) is 1. The van der Waals surface area contributed by atoms with Crippen molar-refractivity contribution < 1.29 is 31.8 Å². The standard InChI is InChI=1S/C33H34F4N6O3/c1-20(34)31(44)43-13-12-42(17-24(43)16-38-2)30-27-19-45-29(15-28(27)39-32(40-30)46-18-23-7-5-11-41(23)3)25-8-4-6-21-9-10-22(14-26(21)25)33(35,36)37/h4,6,8-10,14,23-24,29H,1,5,7,11-13,15-19H2,3H3/t23-,24-,29+/m0/s1. The van der Waals surface area contributed by atoms with Crippen LogP contribution < -0.4 is 9.64 Å². The molecule has 2 aromatic carbocycles.